The lowest BCUT2D eigenvalue weighted by Gasteiger charge is -2.35. The maximum absolute atomic E-state index is 12.4. The summed E-state index contributed by atoms with van der Waals surface area (Å²) in [6.45, 7) is 6.23. The number of carbonyl (C=O) groups is 1. The van der Waals surface area contributed by atoms with Crippen LogP contribution >= 0.6 is 0 Å². The zero-order valence-corrected chi connectivity index (χ0v) is 13.1. The molecule has 1 aliphatic heterocycles. The topological polar surface area (TPSA) is 47.6 Å². The second-order valence-electron chi connectivity index (χ2n) is 6.19. The van der Waals surface area contributed by atoms with Gasteiger partial charge in [0.1, 0.15) is 12.4 Å². The summed E-state index contributed by atoms with van der Waals surface area (Å²) >= 11 is 0. The number of methoxy groups -OCH3 is 1. The number of rotatable bonds is 5. The molecule has 116 valence electrons. The number of benzene rings is 1. The van der Waals surface area contributed by atoms with Gasteiger partial charge in [-0.05, 0) is 63.4 Å². The van der Waals surface area contributed by atoms with Crippen LogP contribution in [0, 0.1) is 11.3 Å². The highest BCUT2D eigenvalue weighted by atomic mass is 16.5. The minimum absolute atomic E-state index is 0.119. The van der Waals surface area contributed by atoms with Crippen molar-refractivity contribution < 1.29 is 14.3 Å². The Morgan fingerprint density at radius 3 is 2.62 bits per heavy atom. The van der Waals surface area contributed by atoms with Crippen LogP contribution in [0.3, 0.4) is 0 Å². The van der Waals surface area contributed by atoms with Crippen LogP contribution in [0.2, 0.25) is 0 Å². The van der Waals surface area contributed by atoms with Crippen molar-refractivity contribution in [3.63, 3.8) is 0 Å². The standard InChI is InChI=1S/C17H25NO3/c1-17(2,14-5-4-10-18-11-14)16(19)21-12-13-6-8-15(20-3)9-7-13/h6-9,14,18H,4-5,10-12H2,1-3H3. The first-order valence-corrected chi connectivity index (χ1v) is 7.55. The number of hydrogen-bond acceptors (Lipinski definition) is 4. The van der Waals surface area contributed by atoms with E-state index in [1.165, 1.54) is 0 Å². The van der Waals surface area contributed by atoms with E-state index >= 15 is 0 Å². The first-order chi connectivity index (χ1) is 10.0. The lowest BCUT2D eigenvalue weighted by Crippen LogP contribution is -2.43. The Kier molecular flexibility index (Phi) is 5.23. The van der Waals surface area contributed by atoms with E-state index in [4.69, 9.17) is 9.47 Å². The molecule has 0 amide bonds. The summed E-state index contributed by atoms with van der Waals surface area (Å²) < 4.78 is 10.6. The van der Waals surface area contributed by atoms with Gasteiger partial charge in [0.2, 0.25) is 0 Å². The van der Waals surface area contributed by atoms with Gasteiger partial charge in [0, 0.05) is 0 Å². The van der Waals surface area contributed by atoms with Crippen molar-refractivity contribution >= 4 is 5.97 Å². The molecule has 1 heterocycles. The van der Waals surface area contributed by atoms with E-state index in [0.717, 1.165) is 37.2 Å². The molecule has 0 bridgehead atoms. The van der Waals surface area contributed by atoms with Crippen molar-refractivity contribution in [3.05, 3.63) is 29.8 Å². The number of hydrogen-bond donors (Lipinski definition) is 1. The lowest BCUT2D eigenvalue weighted by molar-refractivity contribution is -0.159. The minimum atomic E-state index is -0.445. The van der Waals surface area contributed by atoms with Crippen molar-refractivity contribution in [1.82, 2.24) is 5.32 Å². The van der Waals surface area contributed by atoms with E-state index in [9.17, 15) is 4.79 Å². The smallest absolute Gasteiger partial charge is 0.312 e. The molecule has 1 atom stereocenters. The summed E-state index contributed by atoms with van der Waals surface area (Å²) in [6, 6.07) is 7.58. The van der Waals surface area contributed by atoms with Gasteiger partial charge in [0.05, 0.1) is 12.5 Å². The van der Waals surface area contributed by atoms with E-state index in [1.807, 2.05) is 38.1 Å². The van der Waals surface area contributed by atoms with Crippen molar-refractivity contribution in [2.45, 2.75) is 33.3 Å². The number of carbonyl (C=O) groups excluding carboxylic acids is 1. The zero-order chi connectivity index (χ0) is 15.3. The Bertz CT molecular complexity index is 461. The average molecular weight is 291 g/mol. The third-order valence-electron chi connectivity index (χ3n) is 4.37. The van der Waals surface area contributed by atoms with E-state index in [0.29, 0.717) is 12.5 Å². The van der Waals surface area contributed by atoms with Gasteiger partial charge in [-0.15, -0.1) is 0 Å². The fourth-order valence-corrected chi connectivity index (χ4v) is 2.69. The molecule has 21 heavy (non-hydrogen) atoms. The van der Waals surface area contributed by atoms with Crippen molar-refractivity contribution in [2.75, 3.05) is 20.2 Å². The molecule has 2 rings (SSSR count). The van der Waals surface area contributed by atoms with Gasteiger partial charge >= 0.3 is 5.97 Å². The maximum atomic E-state index is 12.4. The molecule has 1 N–H and O–H groups in total. The van der Waals surface area contributed by atoms with E-state index in [-0.39, 0.29) is 5.97 Å². The highest BCUT2D eigenvalue weighted by Crippen LogP contribution is 2.33. The molecule has 0 saturated carbocycles. The van der Waals surface area contributed by atoms with Crippen molar-refractivity contribution in [1.29, 1.82) is 0 Å². The molecule has 1 saturated heterocycles. The van der Waals surface area contributed by atoms with Gasteiger partial charge in [-0.1, -0.05) is 12.1 Å². The Morgan fingerprint density at radius 1 is 1.33 bits per heavy atom. The fraction of sp³-hybridized carbons (Fsp3) is 0.588. The number of esters is 1. The lowest BCUT2D eigenvalue weighted by atomic mass is 9.75. The molecule has 1 aromatic rings. The Hall–Kier alpha value is -1.55. The molecule has 1 aliphatic rings. The third kappa shape index (κ3) is 3.97. The van der Waals surface area contributed by atoms with Crippen LogP contribution in [0.25, 0.3) is 0 Å². The monoisotopic (exact) mass is 291 g/mol. The second kappa shape index (κ2) is 6.94. The molecule has 1 aromatic carbocycles. The molecule has 0 aliphatic carbocycles. The highest BCUT2D eigenvalue weighted by molar-refractivity contribution is 5.76. The number of ether oxygens (including phenoxy) is 2. The van der Waals surface area contributed by atoms with Crippen LogP contribution in [0.5, 0.6) is 5.75 Å². The average Bonchev–Trinajstić information content (AvgIpc) is 2.53. The molecule has 4 nitrogen and oxygen atoms in total. The molecule has 0 aromatic heterocycles. The summed E-state index contributed by atoms with van der Waals surface area (Å²) in [6.07, 6.45) is 2.21. The maximum Gasteiger partial charge on any atom is 0.312 e. The summed E-state index contributed by atoms with van der Waals surface area (Å²) in [7, 11) is 1.63. The molecule has 1 fully saturated rings. The van der Waals surface area contributed by atoms with E-state index in [1.54, 1.807) is 7.11 Å². The Morgan fingerprint density at radius 2 is 2.05 bits per heavy atom. The van der Waals surface area contributed by atoms with Crippen LogP contribution in [-0.2, 0) is 16.1 Å². The first-order valence-electron chi connectivity index (χ1n) is 7.55. The predicted octanol–water partition coefficient (Wildman–Crippen LogP) is 2.76. The predicted molar refractivity (Wildman–Crippen MR) is 82.2 cm³/mol. The Labute approximate surface area is 126 Å². The summed E-state index contributed by atoms with van der Waals surface area (Å²) in [5.74, 6) is 1.03. The van der Waals surface area contributed by atoms with E-state index < -0.39 is 5.41 Å². The van der Waals surface area contributed by atoms with Gasteiger partial charge in [-0.3, -0.25) is 4.79 Å². The van der Waals surface area contributed by atoms with Crippen molar-refractivity contribution in [3.8, 4) is 5.75 Å². The molecular formula is C17H25NO3. The summed E-state index contributed by atoms with van der Waals surface area (Å²) in [4.78, 5) is 12.4. The largest absolute Gasteiger partial charge is 0.497 e. The second-order valence-corrected chi connectivity index (χ2v) is 6.19. The SMILES string of the molecule is COc1ccc(COC(=O)C(C)(C)C2CCCNC2)cc1. The van der Waals surface area contributed by atoms with Crippen molar-refractivity contribution in [2.24, 2.45) is 11.3 Å². The van der Waals surface area contributed by atoms with Crippen LogP contribution in [0.4, 0.5) is 0 Å². The third-order valence-corrected chi connectivity index (χ3v) is 4.37. The summed E-state index contributed by atoms with van der Waals surface area (Å²) in [5.41, 5.74) is 0.529. The number of nitrogens with one attached hydrogen (secondary N) is 1. The molecule has 0 radical (unpaired) electrons. The highest BCUT2D eigenvalue weighted by Gasteiger charge is 2.38. The molecule has 4 heteroatoms. The van der Waals surface area contributed by atoms with Gasteiger partial charge in [-0.2, -0.15) is 0 Å². The minimum Gasteiger partial charge on any atom is -0.497 e. The molecule has 1 unspecified atom stereocenters. The first kappa shape index (κ1) is 15.8. The van der Waals surface area contributed by atoms with Gasteiger partial charge < -0.3 is 14.8 Å². The van der Waals surface area contributed by atoms with Crippen LogP contribution < -0.4 is 10.1 Å². The van der Waals surface area contributed by atoms with Gasteiger partial charge in [0.25, 0.3) is 0 Å². The molecule has 0 spiro atoms. The van der Waals surface area contributed by atoms with Crippen LogP contribution in [-0.4, -0.2) is 26.2 Å². The Balaban J connectivity index is 1.90. The zero-order valence-electron chi connectivity index (χ0n) is 13.1. The van der Waals surface area contributed by atoms with Gasteiger partial charge in [0.15, 0.2) is 0 Å². The quantitative estimate of drug-likeness (QED) is 0.847. The van der Waals surface area contributed by atoms with E-state index in [2.05, 4.69) is 5.32 Å². The van der Waals surface area contributed by atoms with Crippen LogP contribution in [0.15, 0.2) is 24.3 Å². The summed E-state index contributed by atoms with van der Waals surface area (Å²) in [5, 5.41) is 3.36. The molecular weight excluding hydrogens is 266 g/mol. The fourth-order valence-electron chi connectivity index (χ4n) is 2.69. The van der Waals surface area contributed by atoms with Crippen LogP contribution in [0.1, 0.15) is 32.3 Å². The number of piperidine rings is 1. The van der Waals surface area contributed by atoms with Gasteiger partial charge in [-0.25, -0.2) is 0 Å². The normalized spacial score (nSPS) is 19.1.